The van der Waals surface area contributed by atoms with E-state index in [1.807, 2.05) is 0 Å². The second-order valence-electron chi connectivity index (χ2n) is 4.95. The van der Waals surface area contributed by atoms with Crippen molar-refractivity contribution in [2.24, 2.45) is 0 Å². The van der Waals surface area contributed by atoms with Crippen molar-refractivity contribution in [3.63, 3.8) is 0 Å². The van der Waals surface area contributed by atoms with E-state index in [4.69, 9.17) is 0 Å². The smallest absolute Gasteiger partial charge is 0.0529 e. The summed E-state index contributed by atoms with van der Waals surface area (Å²) in [6.45, 7) is 12.6. The summed E-state index contributed by atoms with van der Waals surface area (Å²) in [4.78, 5) is 9.82. The molecule has 1 heterocycles. The van der Waals surface area contributed by atoms with Crippen LogP contribution < -0.4 is 0 Å². The molecule has 0 saturated carbocycles. The van der Waals surface area contributed by atoms with Crippen LogP contribution in [0.5, 0.6) is 0 Å². The number of hydrogen-bond donors (Lipinski definition) is 0. The molecule has 1 rings (SSSR count). The van der Waals surface area contributed by atoms with Gasteiger partial charge in [0.2, 0.25) is 0 Å². The Kier molecular flexibility index (Phi) is 6.28. The summed E-state index contributed by atoms with van der Waals surface area (Å²) >= 11 is 0. The van der Waals surface area contributed by atoms with Gasteiger partial charge < -0.3 is 4.90 Å². The van der Waals surface area contributed by atoms with Crippen molar-refractivity contribution in [3.8, 4) is 0 Å². The van der Waals surface area contributed by atoms with E-state index in [0.29, 0.717) is 0 Å². The molecule has 4 heteroatoms. The molecule has 0 N–H and O–H groups in total. The minimum atomic E-state index is 1.14. The summed E-state index contributed by atoms with van der Waals surface area (Å²) in [7, 11) is 4.29. The van der Waals surface area contributed by atoms with Gasteiger partial charge in [0.25, 0.3) is 0 Å². The number of rotatable bonds is 6. The van der Waals surface area contributed by atoms with Crippen molar-refractivity contribution >= 4 is 0 Å². The fourth-order valence-electron chi connectivity index (χ4n) is 2.13. The zero-order chi connectivity index (χ0) is 12.0. The van der Waals surface area contributed by atoms with Crippen LogP contribution in [0.3, 0.4) is 0 Å². The predicted molar refractivity (Wildman–Crippen MR) is 69.2 cm³/mol. The lowest BCUT2D eigenvalue weighted by molar-refractivity contribution is -0.0249. The van der Waals surface area contributed by atoms with Crippen molar-refractivity contribution in [1.82, 2.24) is 19.6 Å². The molecule has 4 nitrogen and oxygen atoms in total. The summed E-state index contributed by atoms with van der Waals surface area (Å²) in [5, 5.41) is 0. The average Bonchev–Trinajstić information content (AvgIpc) is 2.28. The van der Waals surface area contributed by atoms with Gasteiger partial charge in [-0.25, -0.2) is 0 Å². The summed E-state index contributed by atoms with van der Waals surface area (Å²) in [5.74, 6) is 0. The van der Waals surface area contributed by atoms with Gasteiger partial charge in [-0.2, -0.15) is 0 Å². The van der Waals surface area contributed by atoms with Crippen LogP contribution >= 0.6 is 0 Å². The van der Waals surface area contributed by atoms with E-state index >= 15 is 0 Å². The van der Waals surface area contributed by atoms with Crippen LogP contribution in [-0.4, -0.2) is 79.9 Å². The Morgan fingerprint density at radius 3 is 1.81 bits per heavy atom. The number of nitrogens with zero attached hydrogens (tertiary/aromatic N) is 4. The van der Waals surface area contributed by atoms with E-state index < -0.39 is 0 Å². The standard InChI is InChI=1S/C12H28N4/c1-5-14-10-15(6-2)12-16(11-14)9-7-8-13(3)4/h5-12H2,1-4H3. The van der Waals surface area contributed by atoms with Crippen molar-refractivity contribution in [2.45, 2.75) is 20.3 Å². The topological polar surface area (TPSA) is 13.0 Å². The quantitative estimate of drug-likeness (QED) is 0.666. The van der Waals surface area contributed by atoms with Gasteiger partial charge in [-0.05, 0) is 40.2 Å². The molecule has 1 fully saturated rings. The van der Waals surface area contributed by atoms with Crippen molar-refractivity contribution in [2.75, 3.05) is 60.3 Å². The Hall–Kier alpha value is -0.160. The van der Waals surface area contributed by atoms with E-state index in [0.717, 1.165) is 33.1 Å². The fourth-order valence-corrected chi connectivity index (χ4v) is 2.13. The van der Waals surface area contributed by atoms with Crippen LogP contribution in [0, 0.1) is 0 Å². The molecule has 0 aliphatic carbocycles. The molecule has 1 aliphatic rings. The van der Waals surface area contributed by atoms with Gasteiger partial charge in [0.15, 0.2) is 0 Å². The van der Waals surface area contributed by atoms with Crippen LogP contribution in [-0.2, 0) is 0 Å². The zero-order valence-electron chi connectivity index (χ0n) is 11.4. The Balaban J connectivity index is 2.28. The molecule has 0 aromatic carbocycles. The van der Waals surface area contributed by atoms with E-state index in [1.54, 1.807) is 0 Å². The van der Waals surface area contributed by atoms with Gasteiger partial charge >= 0.3 is 0 Å². The predicted octanol–water partition coefficient (Wildman–Crippen LogP) is 0.770. The van der Waals surface area contributed by atoms with Gasteiger partial charge in [-0.1, -0.05) is 13.8 Å². The monoisotopic (exact) mass is 228 g/mol. The van der Waals surface area contributed by atoms with Crippen LogP contribution in [0.4, 0.5) is 0 Å². The lowest BCUT2D eigenvalue weighted by Crippen LogP contribution is -2.54. The van der Waals surface area contributed by atoms with E-state index in [-0.39, 0.29) is 0 Å². The molecule has 1 saturated heterocycles. The average molecular weight is 228 g/mol. The Labute approximate surface area is 101 Å². The second kappa shape index (κ2) is 7.22. The summed E-state index contributed by atoms with van der Waals surface area (Å²) in [6.07, 6.45) is 1.27. The highest BCUT2D eigenvalue weighted by Crippen LogP contribution is 2.07. The molecule has 0 amide bonds. The molecule has 0 unspecified atom stereocenters. The normalized spacial score (nSPS) is 20.8. The van der Waals surface area contributed by atoms with E-state index in [1.165, 1.54) is 19.5 Å². The van der Waals surface area contributed by atoms with E-state index in [2.05, 4.69) is 47.5 Å². The van der Waals surface area contributed by atoms with Crippen LogP contribution in [0.2, 0.25) is 0 Å². The van der Waals surface area contributed by atoms with Gasteiger partial charge in [0.05, 0.1) is 20.0 Å². The maximum Gasteiger partial charge on any atom is 0.0529 e. The van der Waals surface area contributed by atoms with Gasteiger partial charge in [0.1, 0.15) is 0 Å². The Morgan fingerprint density at radius 2 is 1.38 bits per heavy atom. The molecule has 96 valence electrons. The molecule has 0 atom stereocenters. The Morgan fingerprint density at radius 1 is 0.875 bits per heavy atom. The Bertz CT molecular complexity index is 172. The fraction of sp³-hybridized carbons (Fsp3) is 1.00. The summed E-state index contributed by atoms with van der Waals surface area (Å²) < 4.78 is 0. The maximum atomic E-state index is 2.56. The first-order valence-electron chi connectivity index (χ1n) is 6.47. The van der Waals surface area contributed by atoms with Crippen LogP contribution in [0.1, 0.15) is 20.3 Å². The zero-order valence-corrected chi connectivity index (χ0v) is 11.4. The van der Waals surface area contributed by atoms with Crippen LogP contribution in [0.25, 0.3) is 0 Å². The van der Waals surface area contributed by atoms with Crippen molar-refractivity contribution < 1.29 is 0 Å². The summed E-state index contributed by atoms with van der Waals surface area (Å²) in [5.41, 5.74) is 0. The molecule has 0 aromatic heterocycles. The summed E-state index contributed by atoms with van der Waals surface area (Å²) in [6, 6.07) is 0. The maximum absolute atomic E-state index is 2.56. The highest BCUT2D eigenvalue weighted by Gasteiger charge is 2.20. The largest absolute Gasteiger partial charge is 0.309 e. The minimum Gasteiger partial charge on any atom is -0.309 e. The molecule has 0 bridgehead atoms. The molecule has 0 radical (unpaired) electrons. The first-order valence-corrected chi connectivity index (χ1v) is 6.47. The molecule has 1 aliphatic heterocycles. The molecular formula is C12H28N4. The lowest BCUT2D eigenvalue weighted by atomic mass is 10.3. The van der Waals surface area contributed by atoms with E-state index in [9.17, 15) is 0 Å². The molecule has 0 spiro atoms. The third kappa shape index (κ3) is 4.78. The van der Waals surface area contributed by atoms with Gasteiger partial charge in [-0.3, -0.25) is 14.7 Å². The first kappa shape index (κ1) is 13.9. The SMILES string of the molecule is CCN1CN(CC)CN(CCCN(C)C)C1. The molecule has 0 aromatic rings. The third-order valence-electron chi connectivity index (χ3n) is 3.17. The van der Waals surface area contributed by atoms with Gasteiger partial charge in [0, 0.05) is 6.54 Å². The number of hydrogen-bond acceptors (Lipinski definition) is 4. The highest BCUT2D eigenvalue weighted by molar-refractivity contribution is 4.68. The van der Waals surface area contributed by atoms with Crippen molar-refractivity contribution in [1.29, 1.82) is 0 Å². The van der Waals surface area contributed by atoms with Gasteiger partial charge in [-0.15, -0.1) is 0 Å². The van der Waals surface area contributed by atoms with Crippen LogP contribution in [0.15, 0.2) is 0 Å². The highest BCUT2D eigenvalue weighted by atomic mass is 15.5. The second-order valence-corrected chi connectivity index (χ2v) is 4.95. The first-order chi connectivity index (χ1) is 7.65. The molecular weight excluding hydrogens is 200 g/mol. The molecule has 16 heavy (non-hydrogen) atoms. The lowest BCUT2D eigenvalue weighted by Gasteiger charge is -2.41. The third-order valence-corrected chi connectivity index (χ3v) is 3.17. The minimum absolute atomic E-state index is 1.14. The van der Waals surface area contributed by atoms with Crippen molar-refractivity contribution in [3.05, 3.63) is 0 Å².